The monoisotopic (exact) mass is 249 g/mol. The maximum absolute atomic E-state index is 3.32. The van der Waals surface area contributed by atoms with Gasteiger partial charge in [0.2, 0.25) is 0 Å². The molecule has 1 aromatic heterocycles. The molecule has 2 heterocycles. The zero-order valence-electron chi connectivity index (χ0n) is 9.11. The molecule has 1 aliphatic heterocycles. The van der Waals surface area contributed by atoms with Crippen molar-refractivity contribution in [3.63, 3.8) is 0 Å². The molecule has 84 valence electrons. The molecule has 0 radical (unpaired) electrons. The van der Waals surface area contributed by atoms with Crippen LogP contribution >= 0.6 is 23.1 Å². The maximum Gasteiger partial charge on any atom is 0.0345 e. The molecule has 1 nitrogen and oxygen atoms in total. The van der Waals surface area contributed by atoms with Crippen molar-refractivity contribution in [2.45, 2.75) is 5.75 Å². The number of thiophene rings is 1. The standard InChI is InChI=1S/C13H15NS2/c1-2-4-13-12(3-1)11(9-16-13)8-15-7-10-5-14-6-10/h1-4,9-10,14H,5-8H2. The molecule has 1 aliphatic rings. The van der Waals surface area contributed by atoms with Crippen molar-refractivity contribution >= 4 is 33.2 Å². The van der Waals surface area contributed by atoms with Gasteiger partial charge < -0.3 is 5.32 Å². The zero-order chi connectivity index (χ0) is 10.8. The van der Waals surface area contributed by atoms with Gasteiger partial charge in [-0.25, -0.2) is 0 Å². The van der Waals surface area contributed by atoms with E-state index in [-0.39, 0.29) is 0 Å². The smallest absolute Gasteiger partial charge is 0.0345 e. The van der Waals surface area contributed by atoms with E-state index in [1.165, 1.54) is 40.2 Å². The molecule has 0 amide bonds. The topological polar surface area (TPSA) is 12.0 Å². The van der Waals surface area contributed by atoms with Crippen LogP contribution in [0.3, 0.4) is 0 Å². The van der Waals surface area contributed by atoms with Gasteiger partial charge in [-0.2, -0.15) is 11.8 Å². The first-order chi connectivity index (χ1) is 7.93. The Morgan fingerprint density at radius 3 is 3.00 bits per heavy atom. The molecular weight excluding hydrogens is 234 g/mol. The third kappa shape index (κ3) is 2.12. The number of fused-ring (bicyclic) bond motifs is 1. The lowest BCUT2D eigenvalue weighted by Gasteiger charge is -2.26. The highest BCUT2D eigenvalue weighted by molar-refractivity contribution is 7.98. The number of thioether (sulfide) groups is 1. The van der Waals surface area contributed by atoms with Gasteiger partial charge in [0, 0.05) is 10.5 Å². The lowest BCUT2D eigenvalue weighted by atomic mass is 10.1. The summed E-state index contributed by atoms with van der Waals surface area (Å²) in [7, 11) is 0. The van der Waals surface area contributed by atoms with E-state index in [0.717, 1.165) is 5.92 Å². The molecule has 3 heteroatoms. The predicted octanol–water partition coefficient (Wildman–Crippen LogP) is 3.35. The van der Waals surface area contributed by atoms with Gasteiger partial charge in [-0.15, -0.1) is 11.3 Å². The summed E-state index contributed by atoms with van der Waals surface area (Å²) in [6.45, 7) is 2.44. The van der Waals surface area contributed by atoms with E-state index in [4.69, 9.17) is 0 Å². The van der Waals surface area contributed by atoms with E-state index in [1.807, 2.05) is 11.3 Å². The van der Waals surface area contributed by atoms with E-state index in [0.29, 0.717) is 0 Å². The Balaban J connectivity index is 1.64. The van der Waals surface area contributed by atoms with Gasteiger partial charge in [-0.3, -0.25) is 0 Å². The van der Waals surface area contributed by atoms with Crippen LogP contribution in [-0.2, 0) is 5.75 Å². The highest BCUT2D eigenvalue weighted by Crippen LogP contribution is 2.29. The Morgan fingerprint density at radius 2 is 2.19 bits per heavy atom. The van der Waals surface area contributed by atoms with Crippen LogP contribution in [0.2, 0.25) is 0 Å². The van der Waals surface area contributed by atoms with E-state index in [9.17, 15) is 0 Å². The molecule has 16 heavy (non-hydrogen) atoms. The fraction of sp³-hybridized carbons (Fsp3) is 0.385. The lowest BCUT2D eigenvalue weighted by Crippen LogP contribution is -2.43. The minimum atomic E-state index is 0.912. The van der Waals surface area contributed by atoms with Crippen molar-refractivity contribution in [1.29, 1.82) is 0 Å². The van der Waals surface area contributed by atoms with Crippen molar-refractivity contribution in [1.82, 2.24) is 5.32 Å². The molecule has 0 saturated carbocycles. The normalized spacial score (nSPS) is 16.5. The Labute approximate surface area is 104 Å². The van der Waals surface area contributed by atoms with Crippen molar-refractivity contribution < 1.29 is 0 Å². The second-order valence-electron chi connectivity index (χ2n) is 4.30. The van der Waals surface area contributed by atoms with Crippen LogP contribution in [0, 0.1) is 5.92 Å². The van der Waals surface area contributed by atoms with Crippen LogP contribution in [0.5, 0.6) is 0 Å². The first kappa shape index (κ1) is 10.6. The molecule has 0 unspecified atom stereocenters. The largest absolute Gasteiger partial charge is 0.316 e. The molecule has 1 N–H and O–H groups in total. The third-order valence-corrected chi connectivity index (χ3v) is 5.27. The van der Waals surface area contributed by atoms with Crippen molar-refractivity contribution in [3.05, 3.63) is 35.2 Å². The fourth-order valence-electron chi connectivity index (χ4n) is 1.95. The summed E-state index contributed by atoms with van der Waals surface area (Å²) in [5, 5.41) is 7.09. The molecule has 2 aromatic rings. The molecule has 0 atom stereocenters. The minimum absolute atomic E-state index is 0.912. The average Bonchev–Trinajstić information content (AvgIpc) is 2.65. The van der Waals surface area contributed by atoms with Crippen LogP contribution in [-0.4, -0.2) is 18.8 Å². The molecule has 0 aliphatic carbocycles. The summed E-state index contributed by atoms with van der Waals surface area (Å²) >= 11 is 3.94. The maximum atomic E-state index is 3.32. The van der Waals surface area contributed by atoms with Gasteiger partial charge in [-0.1, -0.05) is 18.2 Å². The highest BCUT2D eigenvalue weighted by atomic mass is 32.2. The minimum Gasteiger partial charge on any atom is -0.316 e. The van der Waals surface area contributed by atoms with Crippen molar-refractivity contribution in [3.8, 4) is 0 Å². The molecule has 0 spiro atoms. The second kappa shape index (κ2) is 4.78. The van der Waals surface area contributed by atoms with Crippen LogP contribution in [0.1, 0.15) is 5.56 Å². The van der Waals surface area contributed by atoms with E-state index >= 15 is 0 Å². The summed E-state index contributed by atoms with van der Waals surface area (Å²) in [5.41, 5.74) is 1.51. The van der Waals surface area contributed by atoms with Gasteiger partial charge in [-0.05, 0) is 47.2 Å². The fourth-order valence-corrected chi connectivity index (χ4v) is 4.16. The van der Waals surface area contributed by atoms with Gasteiger partial charge in [0.1, 0.15) is 0 Å². The van der Waals surface area contributed by atoms with Gasteiger partial charge in [0.05, 0.1) is 0 Å². The number of hydrogen-bond donors (Lipinski definition) is 1. The van der Waals surface area contributed by atoms with Crippen molar-refractivity contribution in [2.75, 3.05) is 18.8 Å². The average molecular weight is 249 g/mol. The summed E-state index contributed by atoms with van der Waals surface area (Å²) in [5.74, 6) is 3.38. The second-order valence-corrected chi connectivity index (χ2v) is 6.24. The summed E-state index contributed by atoms with van der Waals surface area (Å²) in [4.78, 5) is 0. The molecule has 1 saturated heterocycles. The number of rotatable bonds is 4. The number of nitrogens with one attached hydrogen (secondary N) is 1. The Hall–Kier alpha value is -0.510. The molecule has 1 fully saturated rings. The Morgan fingerprint density at radius 1 is 1.31 bits per heavy atom. The summed E-state index contributed by atoms with van der Waals surface area (Å²) in [6.07, 6.45) is 0. The number of benzene rings is 1. The van der Waals surface area contributed by atoms with Crippen LogP contribution in [0.25, 0.3) is 10.1 Å². The van der Waals surface area contributed by atoms with Crippen LogP contribution in [0.15, 0.2) is 29.6 Å². The van der Waals surface area contributed by atoms with E-state index < -0.39 is 0 Å². The summed E-state index contributed by atoms with van der Waals surface area (Å²) in [6, 6.07) is 8.71. The number of hydrogen-bond acceptors (Lipinski definition) is 3. The lowest BCUT2D eigenvalue weighted by molar-refractivity contribution is 0.385. The Kier molecular flexibility index (Phi) is 3.18. The van der Waals surface area contributed by atoms with Crippen molar-refractivity contribution in [2.24, 2.45) is 5.92 Å². The van der Waals surface area contributed by atoms with Crippen LogP contribution < -0.4 is 5.32 Å². The first-order valence-corrected chi connectivity index (χ1v) is 7.70. The molecular formula is C13H15NS2. The zero-order valence-corrected chi connectivity index (χ0v) is 10.7. The Bertz CT molecular complexity index is 473. The van der Waals surface area contributed by atoms with Gasteiger partial charge in [0.15, 0.2) is 0 Å². The van der Waals surface area contributed by atoms with Crippen LogP contribution in [0.4, 0.5) is 0 Å². The predicted molar refractivity (Wildman–Crippen MR) is 74.3 cm³/mol. The summed E-state index contributed by atoms with van der Waals surface area (Å²) < 4.78 is 1.42. The third-order valence-electron chi connectivity index (χ3n) is 3.04. The molecule has 0 bridgehead atoms. The van der Waals surface area contributed by atoms with E-state index in [1.54, 1.807) is 0 Å². The van der Waals surface area contributed by atoms with Gasteiger partial charge in [0.25, 0.3) is 0 Å². The molecule has 3 rings (SSSR count). The van der Waals surface area contributed by atoms with Gasteiger partial charge >= 0.3 is 0 Å². The quantitative estimate of drug-likeness (QED) is 0.892. The first-order valence-electron chi connectivity index (χ1n) is 5.67. The SMILES string of the molecule is c1ccc2c(CSCC3CNC3)csc2c1. The highest BCUT2D eigenvalue weighted by Gasteiger charge is 2.16. The van der Waals surface area contributed by atoms with E-state index in [2.05, 4.69) is 46.7 Å². The molecule has 1 aromatic carbocycles.